The second-order valence-corrected chi connectivity index (χ2v) is 6.27. The zero-order valence-corrected chi connectivity index (χ0v) is 14.1. The van der Waals surface area contributed by atoms with Crippen LogP contribution < -0.4 is 5.32 Å². The Balaban J connectivity index is 1.77. The molecule has 2 aromatic heterocycles. The van der Waals surface area contributed by atoms with E-state index in [-0.39, 0.29) is 12.1 Å². The first-order valence-electron chi connectivity index (χ1n) is 8.40. The first kappa shape index (κ1) is 15.9. The molecule has 1 fully saturated rings. The van der Waals surface area contributed by atoms with E-state index in [9.17, 15) is 0 Å². The Labute approximate surface area is 137 Å². The zero-order valence-electron chi connectivity index (χ0n) is 14.1. The van der Waals surface area contributed by atoms with E-state index in [4.69, 9.17) is 4.74 Å². The molecule has 0 radical (unpaired) electrons. The minimum atomic E-state index is 0.0153. The largest absolute Gasteiger partial charge is 0.371 e. The van der Waals surface area contributed by atoms with Crippen molar-refractivity contribution in [2.24, 2.45) is 0 Å². The predicted octanol–water partition coefficient (Wildman–Crippen LogP) is 3.15. The van der Waals surface area contributed by atoms with Gasteiger partial charge in [0.1, 0.15) is 17.7 Å². The van der Waals surface area contributed by atoms with Crippen molar-refractivity contribution in [1.82, 2.24) is 19.7 Å². The molecule has 0 saturated carbocycles. The van der Waals surface area contributed by atoms with Gasteiger partial charge in [0.15, 0.2) is 0 Å². The predicted molar refractivity (Wildman–Crippen MR) is 89.4 cm³/mol. The fraction of sp³-hybridized carbons (Fsp3) is 0.588. The minimum absolute atomic E-state index is 0.0153. The fourth-order valence-corrected chi connectivity index (χ4v) is 2.88. The van der Waals surface area contributed by atoms with Crippen molar-refractivity contribution >= 4 is 5.82 Å². The van der Waals surface area contributed by atoms with E-state index >= 15 is 0 Å². The highest BCUT2D eigenvalue weighted by Gasteiger charge is 2.29. The number of aromatic nitrogens is 4. The van der Waals surface area contributed by atoms with Gasteiger partial charge < -0.3 is 10.1 Å². The monoisotopic (exact) mass is 315 g/mol. The Hall–Kier alpha value is -1.95. The number of hydrogen-bond donors (Lipinski definition) is 1. The summed E-state index contributed by atoms with van der Waals surface area (Å²) < 4.78 is 7.96. The number of hydrogen-bond acceptors (Lipinski definition) is 5. The Bertz CT molecular complexity index is 639. The van der Waals surface area contributed by atoms with Crippen LogP contribution in [0, 0.1) is 0 Å². The summed E-state index contributed by atoms with van der Waals surface area (Å²) in [6, 6.07) is 2.13. The summed E-state index contributed by atoms with van der Waals surface area (Å²) in [5.41, 5.74) is 1.13. The van der Waals surface area contributed by atoms with Crippen molar-refractivity contribution in [3.63, 3.8) is 0 Å². The zero-order chi connectivity index (χ0) is 16.2. The number of rotatable bonds is 5. The molecule has 1 aliphatic rings. The number of anilines is 1. The molecular formula is C17H25N5O. The molecule has 0 bridgehead atoms. The van der Waals surface area contributed by atoms with Gasteiger partial charge in [-0.1, -0.05) is 13.8 Å². The Morgan fingerprint density at radius 2 is 2.30 bits per heavy atom. The quantitative estimate of drug-likeness (QED) is 0.918. The van der Waals surface area contributed by atoms with Gasteiger partial charge in [-0.05, 0) is 25.8 Å². The second-order valence-electron chi connectivity index (χ2n) is 6.27. The maximum Gasteiger partial charge on any atom is 0.133 e. The molecule has 1 aliphatic heterocycles. The summed E-state index contributed by atoms with van der Waals surface area (Å²) in [7, 11) is 0. The number of nitrogens with one attached hydrogen (secondary N) is 1. The fourth-order valence-electron chi connectivity index (χ4n) is 2.88. The summed E-state index contributed by atoms with van der Waals surface area (Å²) in [6.45, 7) is 7.95. The van der Waals surface area contributed by atoms with E-state index in [2.05, 4.69) is 47.4 Å². The van der Waals surface area contributed by atoms with Gasteiger partial charge >= 0.3 is 0 Å². The molecule has 2 atom stereocenters. The van der Waals surface area contributed by atoms with Gasteiger partial charge in [0.05, 0.1) is 12.2 Å². The minimum Gasteiger partial charge on any atom is -0.371 e. The molecule has 1 N–H and O–H groups in total. The van der Waals surface area contributed by atoms with E-state index in [0.717, 1.165) is 43.2 Å². The van der Waals surface area contributed by atoms with Gasteiger partial charge in [0.25, 0.3) is 0 Å². The van der Waals surface area contributed by atoms with E-state index in [1.807, 2.05) is 23.1 Å². The molecule has 6 nitrogen and oxygen atoms in total. The Morgan fingerprint density at radius 3 is 3.04 bits per heavy atom. The maximum absolute atomic E-state index is 6.03. The first-order valence-corrected chi connectivity index (χ1v) is 8.40. The molecule has 0 aromatic carbocycles. The van der Waals surface area contributed by atoms with Crippen molar-refractivity contribution in [1.29, 1.82) is 0 Å². The number of nitrogens with zero attached hydrogens (tertiary/aromatic N) is 4. The molecule has 0 spiro atoms. The van der Waals surface area contributed by atoms with Crippen LogP contribution >= 0.6 is 0 Å². The summed E-state index contributed by atoms with van der Waals surface area (Å²) in [6.07, 6.45) is 7.93. The van der Waals surface area contributed by atoms with Crippen molar-refractivity contribution in [3.8, 4) is 0 Å². The van der Waals surface area contributed by atoms with Crippen LogP contribution in [0.3, 0.4) is 0 Å². The number of aryl methyl sites for hydroxylation is 1. The van der Waals surface area contributed by atoms with Gasteiger partial charge in [-0.2, -0.15) is 5.10 Å². The molecule has 1 saturated heterocycles. The normalized spacial score (nSPS) is 21.6. The van der Waals surface area contributed by atoms with E-state index < -0.39 is 0 Å². The molecule has 3 heterocycles. The first-order chi connectivity index (χ1) is 11.2. The second kappa shape index (κ2) is 7.08. The maximum atomic E-state index is 6.03. The average molecular weight is 315 g/mol. The van der Waals surface area contributed by atoms with Gasteiger partial charge in [0, 0.05) is 37.0 Å². The highest BCUT2D eigenvalue weighted by molar-refractivity contribution is 5.36. The van der Waals surface area contributed by atoms with Crippen LogP contribution in [-0.2, 0) is 11.3 Å². The van der Waals surface area contributed by atoms with Gasteiger partial charge in [-0.15, -0.1) is 0 Å². The van der Waals surface area contributed by atoms with Crippen LogP contribution in [0.5, 0.6) is 0 Å². The summed E-state index contributed by atoms with van der Waals surface area (Å²) in [5, 5.41) is 7.91. The molecule has 6 heteroatoms. The van der Waals surface area contributed by atoms with E-state index in [1.165, 1.54) is 0 Å². The lowest BCUT2D eigenvalue weighted by Crippen LogP contribution is -2.34. The number of ether oxygens (including phenoxy) is 1. The van der Waals surface area contributed by atoms with Gasteiger partial charge in [-0.3, -0.25) is 4.68 Å². The lowest BCUT2D eigenvalue weighted by atomic mass is 9.98. The van der Waals surface area contributed by atoms with Gasteiger partial charge in [-0.25, -0.2) is 9.97 Å². The topological polar surface area (TPSA) is 64.9 Å². The molecule has 0 amide bonds. The SMILES string of the molecule is CCn1cc([C@H]2OCCC[C@@H]2Nc2ccnc(C(C)C)n2)cn1. The summed E-state index contributed by atoms with van der Waals surface area (Å²) in [4.78, 5) is 8.95. The van der Waals surface area contributed by atoms with E-state index in [0.29, 0.717) is 5.92 Å². The summed E-state index contributed by atoms with van der Waals surface area (Å²) in [5.74, 6) is 2.05. The van der Waals surface area contributed by atoms with Crippen LogP contribution in [0.2, 0.25) is 0 Å². The van der Waals surface area contributed by atoms with Crippen LogP contribution in [0.25, 0.3) is 0 Å². The highest BCUT2D eigenvalue weighted by atomic mass is 16.5. The lowest BCUT2D eigenvalue weighted by Gasteiger charge is -2.32. The summed E-state index contributed by atoms with van der Waals surface area (Å²) >= 11 is 0. The Morgan fingerprint density at radius 1 is 1.43 bits per heavy atom. The third kappa shape index (κ3) is 3.69. The van der Waals surface area contributed by atoms with Crippen molar-refractivity contribution in [3.05, 3.63) is 36.0 Å². The lowest BCUT2D eigenvalue weighted by molar-refractivity contribution is 0.00550. The third-order valence-corrected chi connectivity index (χ3v) is 4.15. The Kier molecular flexibility index (Phi) is 4.91. The van der Waals surface area contributed by atoms with Crippen LogP contribution in [-0.4, -0.2) is 32.4 Å². The molecule has 0 unspecified atom stereocenters. The van der Waals surface area contributed by atoms with Crippen molar-refractivity contribution in [2.45, 2.75) is 58.2 Å². The average Bonchev–Trinajstić information content (AvgIpc) is 3.04. The van der Waals surface area contributed by atoms with E-state index in [1.54, 1.807) is 0 Å². The van der Waals surface area contributed by atoms with Crippen LogP contribution in [0.1, 0.15) is 57.0 Å². The third-order valence-electron chi connectivity index (χ3n) is 4.15. The van der Waals surface area contributed by atoms with Crippen LogP contribution in [0.15, 0.2) is 24.7 Å². The molecule has 2 aromatic rings. The van der Waals surface area contributed by atoms with Crippen molar-refractivity contribution in [2.75, 3.05) is 11.9 Å². The smallest absolute Gasteiger partial charge is 0.133 e. The highest BCUT2D eigenvalue weighted by Crippen LogP contribution is 2.30. The molecule has 0 aliphatic carbocycles. The molecule has 23 heavy (non-hydrogen) atoms. The van der Waals surface area contributed by atoms with Gasteiger partial charge in [0.2, 0.25) is 0 Å². The molecular weight excluding hydrogens is 290 g/mol. The molecule has 3 rings (SSSR count). The van der Waals surface area contributed by atoms with Crippen LogP contribution in [0.4, 0.5) is 5.82 Å². The van der Waals surface area contributed by atoms with Crippen molar-refractivity contribution < 1.29 is 4.74 Å². The standard InChI is InChI=1S/C17H25N5O/c1-4-22-11-13(10-19-22)16-14(6-5-9-23-16)20-15-7-8-18-17(21-15)12(2)3/h7-8,10-12,14,16H,4-6,9H2,1-3H3,(H,18,20,21)/t14-,16+/m0/s1. The molecule has 124 valence electrons.